The highest BCUT2D eigenvalue weighted by Gasteiger charge is 2.31. The molecule has 0 bridgehead atoms. The van der Waals surface area contributed by atoms with Crippen LogP contribution in [0.1, 0.15) is 60.8 Å². The Morgan fingerprint density at radius 2 is 1.70 bits per heavy atom. The minimum atomic E-state index is -0.164. The van der Waals surface area contributed by atoms with Crippen molar-refractivity contribution < 1.29 is 5.11 Å². The van der Waals surface area contributed by atoms with Crippen LogP contribution < -0.4 is 5.32 Å². The number of nitrogens with zero attached hydrogens (tertiary/aromatic N) is 1. The molecule has 0 spiro atoms. The van der Waals surface area contributed by atoms with Crippen LogP contribution in [0.3, 0.4) is 0 Å². The first-order valence-corrected chi connectivity index (χ1v) is 8.40. The number of likely N-dealkylation sites (tertiary alicyclic amines) is 1. The van der Waals surface area contributed by atoms with Gasteiger partial charge in [-0.1, -0.05) is 27.7 Å². The fourth-order valence-electron chi connectivity index (χ4n) is 3.67. The summed E-state index contributed by atoms with van der Waals surface area (Å²) in [6, 6.07) is 0.942. The van der Waals surface area contributed by atoms with E-state index in [1.54, 1.807) is 0 Å². The Hall–Kier alpha value is -0.120. The Bertz CT molecular complexity index is 272. The Labute approximate surface area is 126 Å². The third-order valence-electron chi connectivity index (χ3n) is 4.87. The third-order valence-corrected chi connectivity index (χ3v) is 4.87. The van der Waals surface area contributed by atoms with Gasteiger partial charge in [0.15, 0.2) is 0 Å². The second-order valence-corrected chi connectivity index (χ2v) is 7.69. The fraction of sp³-hybridized carbons (Fsp3) is 1.00. The minimum absolute atomic E-state index is 0.164. The first-order chi connectivity index (χ1) is 9.27. The maximum Gasteiger partial charge on any atom is 0.0611 e. The van der Waals surface area contributed by atoms with Gasteiger partial charge in [-0.3, -0.25) is 0 Å². The van der Waals surface area contributed by atoms with Gasteiger partial charge < -0.3 is 15.3 Å². The van der Waals surface area contributed by atoms with E-state index in [0.717, 1.165) is 18.3 Å². The van der Waals surface area contributed by atoms with Gasteiger partial charge in [0, 0.05) is 17.6 Å². The van der Waals surface area contributed by atoms with E-state index in [1.165, 1.54) is 25.9 Å². The van der Waals surface area contributed by atoms with Crippen LogP contribution in [0.4, 0.5) is 0 Å². The maximum atomic E-state index is 9.72. The summed E-state index contributed by atoms with van der Waals surface area (Å²) < 4.78 is 0. The van der Waals surface area contributed by atoms with Crippen LogP contribution in [0.2, 0.25) is 0 Å². The minimum Gasteiger partial charge on any atom is -0.394 e. The van der Waals surface area contributed by atoms with Gasteiger partial charge >= 0.3 is 0 Å². The second-order valence-electron chi connectivity index (χ2n) is 7.69. The molecule has 1 aliphatic heterocycles. The van der Waals surface area contributed by atoms with Crippen LogP contribution in [-0.4, -0.2) is 47.3 Å². The number of aliphatic hydroxyl groups excluding tert-OH is 1. The van der Waals surface area contributed by atoms with E-state index in [0.29, 0.717) is 12.1 Å². The molecule has 1 aliphatic rings. The lowest BCUT2D eigenvalue weighted by Crippen LogP contribution is -2.53. The largest absolute Gasteiger partial charge is 0.394 e. The smallest absolute Gasteiger partial charge is 0.0611 e. The monoisotopic (exact) mass is 284 g/mol. The molecular formula is C17H36N2O. The molecule has 3 nitrogen and oxygen atoms in total. The van der Waals surface area contributed by atoms with E-state index in [4.69, 9.17) is 0 Å². The van der Waals surface area contributed by atoms with Crippen LogP contribution >= 0.6 is 0 Å². The molecule has 0 aromatic carbocycles. The predicted octanol–water partition coefficient (Wildman–Crippen LogP) is 2.88. The van der Waals surface area contributed by atoms with Gasteiger partial charge in [0.05, 0.1) is 6.61 Å². The normalized spacial score (nSPS) is 23.2. The van der Waals surface area contributed by atoms with Gasteiger partial charge in [-0.25, -0.2) is 0 Å². The number of hydrogen-bond donors (Lipinski definition) is 2. The number of hydrogen-bond acceptors (Lipinski definition) is 3. The zero-order chi connectivity index (χ0) is 15.3. The van der Waals surface area contributed by atoms with E-state index in [9.17, 15) is 5.11 Å². The molecule has 120 valence electrons. The second kappa shape index (κ2) is 7.77. The molecule has 0 aromatic heterocycles. The average molecular weight is 284 g/mol. The van der Waals surface area contributed by atoms with Crippen molar-refractivity contribution in [3.8, 4) is 0 Å². The number of rotatable bonds is 7. The fourth-order valence-corrected chi connectivity index (χ4v) is 3.67. The first kappa shape index (κ1) is 17.9. The lowest BCUT2D eigenvalue weighted by molar-refractivity contribution is 0.0787. The summed E-state index contributed by atoms with van der Waals surface area (Å²) in [6.07, 6.45) is 3.67. The summed E-state index contributed by atoms with van der Waals surface area (Å²) in [6.45, 7) is 16.1. The zero-order valence-corrected chi connectivity index (χ0v) is 14.4. The summed E-state index contributed by atoms with van der Waals surface area (Å²) in [7, 11) is 0. The predicted molar refractivity (Wildman–Crippen MR) is 87.0 cm³/mol. The molecule has 1 heterocycles. The van der Waals surface area contributed by atoms with E-state index in [1.807, 2.05) is 0 Å². The van der Waals surface area contributed by atoms with Gasteiger partial charge in [-0.2, -0.15) is 0 Å². The molecule has 2 N–H and O–H groups in total. The summed E-state index contributed by atoms with van der Waals surface area (Å²) in [5, 5.41) is 13.2. The summed E-state index contributed by atoms with van der Waals surface area (Å²) in [5.74, 6) is 1.72. The van der Waals surface area contributed by atoms with Crippen molar-refractivity contribution in [3.05, 3.63) is 0 Å². The van der Waals surface area contributed by atoms with Gasteiger partial charge in [0.2, 0.25) is 0 Å². The molecule has 1 fully saturated rings. The van der Waals surface area contributed by atoms with E-state index in [2.05, 4.69) is 51.8 Å². The first-order valence-electron chi connectivity index (χ1n) is 8.40. The summed E-state index contributed by atoms with van der Waals surface area (Å²) in [4.78, 5) is 2.61. The van der Waals surface area contributed by atoms with Crippen LogP contribution in [0.25, 0.3) is 0 Å². The van der Waals surface area contributed by atoms with Crippen molar-refractivity contribution in [3.63, 3.8) is 0 Å². The zero-order valence-electron chi connectivity index (χ0n) is 14.4. The standard InChI is InChI=1S/C17H36N2O/c1-13(2)16-7-9-19(10-8-16)15(5)11-17(6,12-20)18-14(3)4/h13-16,18,20H,7-12H2,1-6H3. The quantitative estimate of drug-likeness (QED) is 0.754. The summed E-state index contributed by atoms with van der Waals surface area (Å²) >= 11 is 0. The van der Waals surface area contributed by atoms with Crippen LogP contribution in [-0.2, 0) is 0 Å². The third kappa shape index (κ3) is 5.34. The molecule has 0 amide bonds. The molecule has 1 rings (SSSR count). The topological polar surface area (TPSA) is 35.5 Å². The van der Waals surface area contributed by atoms with Crippen LogP contribution in [0, 0.1) is 11.8 Å². The molecule has 0 saturated carbocycles. The molecule has 2 atom stereocenters. The Balaban J connectivity index is 2.48. The van der Waals surface area contributed by atoms with E-state index in [-0.39, 0.29) is 12.1 Å². The highest BCUT2D eigenvalue weighted by atomic mass is 16.3. The van der Waals surface area contributed by atoms with Crippen LogP contribution in [0.5, 0.6) is 0 Å². The van der Waals surface area contributed by atoms with Crippen molar-refractivity contribution in [1.82, 2.24) is 10.2 Å². The average Bonchev–Trinajstić information content (AvgIpc) is 2.37. The van der Waals surface area contributed by atoms with Gasteiger partial charge in [0.25, 0.3) is 0 Å². The maximum absolute atomic E-state index is 9.72. The molecule has 2 unspecified atom stereocenters. The van der Waals surface area contributed by atoms with Gasteiger partial charge in [0.1, 0.15) is 0 Å². The van der Waals surface area contributed by atoms with Gasteiger partial charge in [-0.05, 0) is 58.0 Å². The summed E-state index contributed by atoms with van der Waals surface area (Å²) in [5.41, 5.74) is -0.164. The van der Waals surface area contributed by atoms with Crippen molar-refractivity contribution in [2.24, 2.45) is 11.8 Å². The highest BCUT2D eigenvalue weighted by Crippen LogP contribution is 2.27. The number of piperidine rings is 1. The van der Waals surface area contributed by atoms with Gasteiger partial charge in [-0.15, -0.1) is 0 Å². The number of nitrogens with one attached hydrogen (secondary N) is 1. The molecule has 20 heavy (non-hydrogen) atoms. The van der Waals surface area contributed by atoms with E-state index >= 15 is 0 Å². The van der Waals surface area contributed by atoms with Crippen molar-refractivity contribution in [1.29, 1.82) is 0 Å². The molecule has 3 heteroatoms. The van der Waals surface area contributed by atoms with E-state index < -0.39 is 0 Å². The van der Waals surface area contributed by atoms with Crippen molar-refractivity contribution in [2.75, 3.05) is 19.7 Å². The molecule has 0 aliphatic carbocycles. The highest BCUT2D eigenvalue weighted by molar-refractivity contribution is 4.89. The molecule has 1 saturated heterocycles. The SMILES string of the molecule is CC(C)NC(C)(CO)CC(C)N1CCC(C(C)C)CC1. The Kier molecular flexibility index (Phi) is 6.96. The van der Waals surface area contributed by atoms with Crippen molar-refractivity contribution in [2.45, 2.75) is 78.4 Å². The Morgan fingerprint density at radius 1 is 1.15 bits per heavy atom. The van der Waals surface area contributed by atoms with Crippen LogP contribution in [0.15, 0.2) is 0 Å². The lowest BCUT2D eigenvalue weighted by atomic mass is 9.85. The molecule has 0 radical (unpaired) electrons. The molecular weight excluding hydrogens is 248 g/mol. The van der Waals surface area contributed by atoms with Crippen molar-refractivity contribution >= 4 is 0 Å². The number of aliphatic hydroxyl groups is 1. The Morgan fingerprint density at radius 3 is 2.10 bits per heavy atom. The molecule has 0 aromatic rings. The lowest BCUT2D eigenvalue weighted by Gasteiger charge is -2.41.